The summed E-state index contributed by atoms with van der Waals surface area (Å²) in [6.45, 7) is 0. The molecule has 0 fully saturated rings. The molecule has 0 aliphatic heterocycles. The van der Waals surface area contributed by atoms with E-state index in [2.05, 4.69) is 10.6 Å². The average molecular weight is 142 g/mol. The Bertz CT molecular complexity index is 308. The van der Waals surface area contributed by atoms with Gasteiger partial charge in [0.15, 0.2) is 0 Å². The van der Waals surface area contributed by atoms with Gasteiger partial charge in [-0.3, -0.25) is 0 Å². The minimum Gasteiger partial charge on any atom is -0.324 e. The average Bonchev–Trinajstić information content (AvgIpc) is 2.58. The van der Waals surface area contributed by atoms with Gasteiger partial charge in [0, 0.05) is 18.1 Å². The minimum atomic E-state index is 1.17. The third kappa shape index (κ3) is 1.17. The van der Waals surface area contributed by atoms with Gasteiger partial charge in [-0.25, -0.2) is 0 Å². The van der Waals surface area contributed by atoms with E-state index in [0.717, 1.165) is 0 Å². The van der Waals surface area contributed by atoms with Crippen LogP contribution in [0.1, 0.15) is 0 Å². The maximum absolute atomic E-state index is 2.98. The molecule has 2 rings (SSSR count). The molecular weight excluding hydrogens is 134 g/mol. The number of rotatable bonds is 1. The van der Waals surface area contributed by atoms with Crippen molar-refractivity contribution in [2.45, 2.75) is 0 Å². The Balaban J connectivity index is 2.46. The van der Waals surface area contributed by atoms with Gasteiger partial charge in [-0.1, -0.05) is 12.1 Å². The van der Waals surface area contributed by atoms with Gasteiger partial charge in [0.2, 0.25) is 0 Å². The molecule has 1 aromatic heterocycles. The molecule has 0 N–H and O–H groups in total. The lowest BCUT2D eigenvalue weighted by Gasteiger charge is -1.99. The van der Waals surface area contributed by atoms with Crippen molar-refractivity contribution >= 4 is 0 Å². The summed E-state index contributed by atoms with van der Waals surface area (Å²) in [5.41, 5.74) is 1.17. The smallest absolute Gasteiger partial charge is 0.0449 e. The molecule has 11 heavy (non-hydrogen) atoms. The molecule has 0 amide bonds. The van der Waals surface area contributed by atoms with Crippen LogP contribution in [0.25, 0.3) is 5.69 Å². The quantitative estimate of drug-likeness (QED) is 0.575. The monoisotopic (exact) mass is 142 g/mol. The second-order valence-electron chi connectivity index (χ2n) is 2.35. The molecule has 2 aromatic rings. The predicted octanol–water partition coefficient (Wildman–Crippen LogP) is 2.28. The van der Waals surface area contributed by atoms with E-state index in [1.807, 2.05) is 48.8 Å². The van der Waals surface area contributed by atoms with Gasteiger partial charge < -0.3 is 4.57 Å². The first-order chi connectivity index (χ1) is 5.47. The fourth-order valence-corrected chi connectivity index (χ4v) is 1.06. The molecule has 1 radical (unpaired) electrons. The Labute approximate surface area is 65.9 Å². The van der Waals surface area contributed by atoms with Crippen LogP contribution in [0.4, 0.5) is 0 Å². The van der Waals surface area contributed by atoms with Gasteiger partial charge in [-0.15, -0.1) is 0 Å². The number of hydrogen-bond donors (Lipinski definition) is 0. The molecule has 0 atom stereocenters. The summed E-state index contributed by atoms with van der Waals surface area (Å²) in [6, 6.07) is 14.9. The molecule has 1 heterocycles. The second-order valence-corrected chi connectivity index (χ2v) is 2.35. The van der Waals surface area contributed by atoms with Crippen molar-refractivity contribution < 1.29 is 0 Å². The minimum absolute atomic E-state index is 1.17. The summed E-state index contributed by atoms with van der Waals surface area (Å²) < 4.78 is 2.06. The molecule has 0 unspecified atom stereocenters. The molecule has 1 nitrogen and oxygen atoms in total. The van der Waals surface area contributed by atoms with Gasteiger partial charge in [0.1, 0.15) is 0 Å². The summed E-state index contributed by atoms with van der Waals surface area (Å²) >= 11 is 0. The van der Waals surface area contributed by atoms with E-state index < -0.39 is 0 Å². The summed E-state index contributed by atoms with van der Waals surface area (Å²) in [7, 11) is 0. The number of nitrogens with zero attached hydrogens (tertiary/aromatic N) is 1. The van der Waals surface area contributed by atoms with Crippen molar-refractivity contribution in [2.24, 2.45) is 0 Å². The van der Waals surface area contributed by atoms with Crippen LogP contribution in [0.5, 0.6) is 0 Å². The van der Waals surface area contributed by atoms with Crippen molar-refractivity contribution in [2.75, 3.05) is 0 Å². The zero-order valence-corrected chi connectivity index (χ0v) is 6.07. The van der Waals surface area contributed by atoms with Crippen molar-refractivity contribution in [1.29, 1.82) is 0 Å². The lowest BCUT2D eigenvalue weighted by molar-refractivity contribution is 1.08. The van der Waals surface area contributed by atoms with Gasteiger partial charge in [0.05, 0.1) is 0 Å². The van der Waals surface area contributed by atoms with Crippen molar-refractivity contribution in [1.82, 2.24) is 4.57 Å². The van der Waals surface area contributed by atoms with Crippen LogP contribution in [0.15, 0.2) is 48.8 Å². The number of benzene rings is 1. The normalized spacial score (nSPS) is 9.82. The van der Waals surface area contributed by atoms with E-state index >= 15 is 0 Å². The fraction of sp³-hybridized carbons (Fsp3) is 0. The van der Waals surface area contributed by atoms with Gasteiger partial charge >= 0.3 is 0 Å². The maximum Gasteiger partial charge on any atom is 0.0449 e. The highest BCUT2D eigenvalue weighted by Gasteiger charge is 1.89. The SMILES string of the molecule is [c]1ccc(-n2cccc2)cc1. The van der Waals surface area contributed by atoms with E-state index in [9.17, 15) is 0 Å². The highest BCUT2D eigenvalue weighted by Crippen LogP contribution is 2.05. The highest BCUT2D eigenvalue weighted by molar-refractivity contribution is 5.31. The third-order valence-electron chi connectivity index (χ3n) is 1.60. The first kappa shape index (κ1) is 6.23. The van der Waals surface area contributed by atoms with Crippen molar-refractivity contribution in [3.05, 3.63) is 54.9 Å². The Hall–Kier alpha value is -1.50. The van der Waals surface area contributed by atoms with Crippen molar-refractivity contribution in [3.63, 3.8) is 0 Å². The van der Waals surface area contributed by atoms with Gasteiger partial charge in [-0.2, -0.15) is 0 Å². The number of hydrogen-bond acceptors (Lipinski definition) is 0. The summed E-state index contributed by atoms with van der Waals surface area (Å²) in [4.78, 5) is 0. The predicted molar refractivity (Wildman–Crippen MR) is 44.6 cm³/mol. The zero-order chi connectivity index (χ0) is 7.52. The van der Waals surface area contributed by atoms with E-state index in [1.54, 1.807) is 0 Å². The molecule has 0 aliphatic rings. The largest absolute Gasteiger partial charge is 0.324 e. The van der Waals surface area contributed by atoms with Crippen LogP contribution in [0, 0.1) is 6.07 Å². The molecule has 0 bridgehead atoms. The van der Waals surface area contributed by atoms with Crippen molar-refractivity contribution in [3.8, 4) is 5.69 Å². The van der Waals surface area contributed by atoms with Crippen LogP contribution in [0.3, 0.4) is 0 Å². The lowest BCUT2D eigenvalue weighted by atomic mass is 10.3. The lowest BCUT2D eigenvalue weighted by Crippen LogP contribution is -1.86. The van der Waals surface area contributed by atoms with E-state index in [1.165, 1.54) is 5.69 Å². The van der Waals surface area contributed by atoms with Crippen LogP contribution >= 0.6 is 0 Å². The van der Waals surface area contributed by atoms with Crippen LogP contribution in [-0.2, 0) is 0 Å². The molecule has 53 valence electrons. The fourth-order valence-electron chi connectivity index (χ4n) is 1.06. The summed E-state index contributed by atoms with van der Waals surface area (Å²) in [6.07, 6.45) is 4.05. The number of aromatic nitrogens is 1. The van der Waals surface area contributed by atoms with Gasteiger partial charge in [-0.05, 0) is 30.3 Å². The van der Waals surface area contributed by atoms with Crippen LogP contribution in [0.2, 0.25) is 0 Å². The summed E-state index contributed by atoms with van der Waals surface area (Å²) in [5.74, 6) is 0. The molecular formula is C10H8N. The van der Waals surface area contributed by atoms with Crippen LogP contribution < -0.4 is 0 Å². The maximum atomic E-state index is 2.98. The first-order valence-electron chi connectivity index (χ1n) is 3.56. The Morgan fingerprint density at radius 3 is 2.27 bits per heavy atom. The Kier molecular flexibility index (Phi) is 1.48. The topological polar surface area (TPSA) is 4.93 Å². The second kappa shape index (κ2) is 2.62. The Morgan fingerprint density at radius 1 is 1.00 bits per heavy atom. The van der Waals surface area contributed by atoms with Crippen LogP contribution in [-0.4, -0.2) is 4.57 Å². The molecule has 0 aliphatic carbocycles. The van der Waals surface area contributed by atoms with E-state index in [4.69, 9.17) is 0 Å². The molecule has 0 saturated heterocycles. The first-order valence-corrected chi connectivity index (χ1v) is 3.56. The van der Waals surface area contributed by atoms with E-state index in [0.29, 0.717) is 0 Å². The highest BCUT2D eigenvalue weighted by atomic mass is 14.9. The molecule has 1 aromatic carbocycles. The van der Waals surface area contributed by atoms with Gasteiger partial charge in [0.25, 0.3) is 0 Å². The summed E-state index contributed by atoms with van der Waals surface area (Å²) in [5, 5.41) is 0. The third-order valence-corrected chi connectivity index (χ3v) is 1.60. The molecule has 1 heteroatoms. The standard InChI is InChI=1S/C10H8N/c1-2-6-10(7-3-1)11-8-4-5-9-11/h2-9H. The molecule has 0 spiro atoms. The van der Waals surface area contributed by atoms with E-state index in [-0.39, 0.29) is 0 Å². The zero-order valence-electron chi connectivity index (χ0n) is 6.07. The Morgan fingerprint density at radius 2 is 1.64 bits per heavy atom. The molecule has 0 saturated carbocycles.